The number of hydrogen-bond donors (Lipinski definition) is 2. The van der Waals surface area contributed by atoms with Gasteiger partial charge in [0.25, 0.3) is 0 Å². The van der Waals surface area contributed by atoms with Gasteiger partial charge in [-0.3, -0.25) is 19.4 Å². The molecule has 4 saturated heterocycles. The Morgan fingerprint density at radius 3 is 1.38 bits per heavy atom. The van der Waals surface area contributed by atoms with Crippen LogP contribution in [0.4, 0.5) is 9.59 Å². The molecule has 6 aromatic rings. The number of nitrogens with one attached hydrogen (secondary N) is 2. The standard InChI is InChI=1S/C52H56N8O6/c1-65-51(63)59-25-5-9-45(59)49(61)57-23-3-7-43(57)47-53-39-21-19-35(29-41(39)55-47)37-27-31-11-15-33(37)17-13-32-12-16-34(18-14-31)38(28-32)36-20-22-40-42(30-36)56-48(54-40)44-8-4-24-58(44)50(62)46-10-6-26-60(46)52(64)66-2/h11-12,15-16,19-22,27-30,43-46H,3-10,13-14,17-18,23-26H2,1-2H3,(H,53,55)(H,54,56)/t43-,44-,45-,46-/m0/s1. The third-order valence-corrected chi connectivity index (χ3v) is 14.9. The molecule has 14 nitrogen and oxygen atoms in total. The summed E-state index contributed by atoms with van der Waals surface area (Å²) >= 11 is 0. The molecule has 8 aliphatic rings. The minimum Gasteiger partial charge on any atom is -0.453 e. The number of ether oxygens (including phenoxy) is 2. The maximum atomic E-state index is 13.9. The van der Waals surface area contributed by atoms with Gasteiger partial charge in [-0.1, -0.05) is 48.5 Å². The van der Waals surface area contributed by atoms with E-state index in [9.17, 15) is 19.2 Å². The van der Waals surface area contributed by atoms with Crippen LogP contribution in [-0.4, -0.2) is 116 Å². The molecule has 14 heteroatoms. The summed E-state index contributed by atoms with van der Waals surface area (Å²) in [5.74, 6) is 1.53. The number of imidazole rings is 2. The van der Waals surface area contributed by atoms with E-state index >= 15 is 0 Å². The molecule has 4 aliphatic heterocycles. The van der Waals surface area contributed by atoms with Crippen LogP contribution in [-0.2, 0) is 44.7 Å². The van der Waals surface area contributed by atoms with E-state index in [1.54, 1.807) is 9.80 Å². The van der Waals surface area contributed by atoms with Crippen LogP contribution in [0.5, 0.6) is 0 Å². The van der Waals surface area contributed by atoms with E-state index in [4.69, 9.17) is 19.4 Å². The minimum absolute atomic E-state index is 0.0248. The highest BCUT2D eigenvalue weighted by Gasteiger charge is 2.43. The van der Waals surface area contributed by atoms with E-state index in [1.807, 2.05) is 9.80 Å². The van der Waals surface area contributed by atoms with Gasteiger partial charge in [-0.25, -0.2) is 19.6 Å². The van der Waals surface area contributed by atoms with Crippen molar-refractivity contribution < 1.29 is 28.7 Å². The molecule has 4 aliphatic carbocycles. The predicted octanol–water partition coefficient (Wildman–Crippen LogP) is 8.45. The van der Waals surface area contributed by atoms with E-state index in [0.29, 0.717) is 39.0 Å². The molecule has 0 spiro atoms. The number of nitrogens with zero attached hydrogens (tertiary/aromatic N) is 6. The van der Waals surface area contributed by atoms with Crippen LogP contribution >= 0.6 is 0 Å². The van der Waals surface area contributed by atoms with Gasteiger partial charge in [-0.15, -0.1) is 0 Å². The number of hydrogen-bond acceptors (Lipinski definition) is 8. The van der Waals surface area contributed by atoms with Gasteiger partial charge in [0.1, 0.15) is 23.7 Å². The van der Waals surface area contributed by atoms with Crippen molar-refractivity contribution in [3.8, 4) is 22.3 Å². The maximum Gasteiger partial charge on any atom is 0.410 e. The molecule has 340 valence electrons. The lowest BCUT2D eigenvalue weighted by Crippen LogP contribution is -2.47. The predicted molar refractivity (Wildman–Crippen MR) is 250 cm³/mol. The second-order valence-electron chi connectivity index (χ2n) is 18.7. The molecule has 2 N–H and O–H groups in total. The molecule has 4 atom stereocenters. The van der Waals surface area contributed by atoms with Crippen molar-refractivity contribution in [3.05, 3.63) is 107 Å². The number of carbonyl (C=O) groups is 4. The Labute approximate surface area is 383 Å². The molecule has 0 saturated carbocycles. The molecule has 14 rings (SSSR count). The summed E-state index contributed by atoms with van der Waals surface area (Å²) < 4.78 is 9.98. The van der Waals surface area contributed by atoms with Crippen molar-refractivity contribution in [2.75, 3.05) is 40.4 Å². The molecule has 2 aromatic heterocycles. The zero-order chi connectivity index (χ0) is 45.1. The van der Waals surface area contributed by atoms with Gasteiger partial charge >= 0.3 is 12.2 Å². The number of aryl methyl sites for hydroxylation is 4. The van der Waals surface area contributed by atoms with Crippen molar-refractivity contribution in [1.29, 1.82) is 0 Å². The summed E-state index contributed by atoms with van der Waals surface area (Å²) in [5, 5.41) is 0. The molecule has 4 aromatic carbocycles. The number of fused-ring (bicyclic) bond motifs is 2. The first-order chi connectivity index (χ1) is 32.2. The topological polar surface area (TPSA) is 157 Å². The zero-order valence-corrected chi connectivity index (χ0v) is 37.7. The lowest BCUT2D eigenvalue weighted by molar-refractivity contribution is -0.137. The first-order valence-electron chi connectivity index (χ1n) is 23.8. The Morgan fingerprint density at radius 2 is 0.939 bits per heavy atom. The molecule has 4 amide bonds. The smallest absolute Gasteiger partial charge is 0.410 e. The van der Waals surface area contributed by atoms with Crippen LogP contribution < -0.4 is 0 Å². The average Bonchev–Trinajstić information content (AvgIpc) is 4.21. The monoisotopic (exact) mass is 888 g/mol. The third-order valence-electron chi connectivity index (χ3n) is 14.9. The van der Waals surface area contributed by atoms with Crippen LogP contribution in [0, 0.1) is 0 Å². The van der Waals surface area contributed by atoms with Crippen molar-refractivity contribution in [3.63, 3.8) is 0 Å². The number of benzene rings is 4. The van der Waals surface area contributed by atoms with E-state index in [2.05, 4.69) is 82.8 Å². The van der Waals surface area contributed by atoms with Crippen molar-refractivity contribution >= 4 is 46.1 Å². The molecule has 0 radical (unpaired) electrons. The summed E-state index contributed by atoms with van der Waals surface area (Å²) in [6.45, 7) is 2.35. The van der Waals surface area contributed by atoms with Crippen LogP contribution in [0.25, 0.3) is 44.3 Å². The number of aromatic amines is 2. The second-order valence-corrected chi connectivity index (χ2v) is 18.7. The molecule has 6 heterocycles. The van der Waals surface area contributed by atoms with Gasteiger partial charge in [0.05, 0.1) is 48.4 Å². The van der Waals surface area contributed by atoms with E-state index < -0.39 is 24.3 Å². The van der Waals surface area contributed by atoms with Crippen molar-refractivity contribution in [1.82, 2.24) is 39.5 Å². The Kier molecular flexibility index (Phi) is 11.0. The van der Waals surface area contributed by atoms with Crippen LogP contribution in [0.1, 0.15) is 97.4 Å². The summed E-state index contributed by atoms with van der Waals surface area (Å²) in [7, 11) is 2.73. The van der Waals surface area contributed by atoms with Crippen LogP contribution in [0.3, 0.4) is 0 Å². The van der Waals surface area contributed by atoms with Gasteiger partial charge < -0.3 is 29.2 Å². The number of H-pyrrole nitrogens is 2. The first-order valence-corrected chi connectivity index (χ1v) is 23.8. The number of rotatable bonds is 6. The fraction of sp³-hybridized carbons (Fsp3) is 0.423. The molecular weight excluding hydrogens is 833 g/mol. The Morgan fingerprint density at radius 1 is 0.515 bits per heavy atom. The average molecular weight is 889 g/mol. The largest absolute Gasteiger partial charge is 0.453 e. The third kappa shape index (κ3) is 7.53. The molecule has 4 bridgehead atoms. The molecule has 4 fully saturated rings. The Hall–Kier alpha value is -6.70. The van der Waals surface area contributed by atoms with E-state index in [-0.39, 0.29) is 23.9 Å². The minimum atomic E-state index is -0.496. The van der Waals surface area contributed by atoms with Crippen LogP contribution in [0.2, 0.25) is 0 Å². The molecule has 0 unspecified atom stereocenters. The highest BCUT2D eigenvalue weighted by atomic mass is 16.5. The van der Waals surface area contributed by atoms with Gasteiger partial charge in [0, 0.05) is 26.2 Å². The van der Waals surface area contributed by atoms with E-state index in [0.717, 1.165) is 109 Å². The van der Waals surface area contributed by atoms with Crippen molar-refractivity contribution in [2.45, 2.75) is 101 Å². The second kappa shape index (κ2) is 17.3. The maximum absolute atomic E-state index is 13.9. The summed E-state index contributed by atoms with van der Waals surface area (Å²) in [6.07, 6.45) is 8.88. The highest BCUT2D eigenvalue weighted by molar-refractivity contribution is 5.89. The number of likely N-dealkylation sites (tertiary alicyclic amines) is 4. The number of methoxy groups -OCH3 is 2. The quantitative estimate of drug-likeness (QED) is 0.169. The molecule has 66 heavy (non-hydrogen) atoms. The first kappa shape index (κ1) is 42.0. The van der Waals surface area contributed by atoms with Crippen molar-refractivity contribution in [2.24, 2.45) is 0 Å². The van der Waals surface area contributed by atoms with Crippen LogP contribution in [0.15, 0.2) is 72.8 Å². The lowest BCUT2D eigenvalue weighted by atomic mass is 9.87. The number of aromatic nitrogens is 4. The lowest BCUT2D eigenvalue weighted by Gasteiger charge is -2.30. The summed E-state index contributed by atoms with van der Waals surface area (Å²) in [4.78, 5) is 76.9. The van der Waals surface area contributed by atoms with Gasteiger partial charge in [0.2, 0.25) is 11.8 Å². The zero-order valence-electron chi connectivity index (χ0n) is 37.7. The van der Waals surface area contributed by atoms with Gasteiger partial charge in [-0.05, 0) is 146 Å². The number of carbonyl (C=O) groups excluding carboxylic acids is 4. The van der Waals surface area contributed by atoms with Gasteiger partial charge in [-0.2, -0.15) is 0 Å². The SMILES string of the molecule is COC(=O)N1CCC[C@H]1C(=O)N1CCC[C@H]1c1nc2cc(-c3cc4ccc3CCc3ccc(c(-c5ccc6[nH]c([C@@H]7CCCN7C(=O)[C@@H]7CCCN7C(=O)OC)nc6c5)c3)CC4)ccc2[nH]1. The fourth-order valence-electron chi connectivity index (χ4n) is 11.5. The normalized spacial score (nSPS) is 21.8. The fourth-order valence-corrected chi connectivity index (χ4v) is 11.5. The van der Waals surface area contributed by atoms with Gasteiger partial charge in [0.15, 0.2) is 0 Å². The Bertz CT molecular complexity index is 2690. The Balaban J connectivity index is 0.821. The van der Waals surface area contributed by atoms with E-state index in [1.165, 1.54) is 47.6 Å². The summed E-state index contributed by atoms with van der Waals surface area (Å²) in [5.41, 5.74) is 13.5. The molecular formula is C52H56N8O6. The highest BCUT2D eigenvalue weighted by Crippen LogP contribution is 2.38. The number of amides is 4. The summed E-state index contributed by atoms with van der Waals surface area (Å²) in [6, 6.07) is 25.5.